The van der Waals surface area contributed by atoms with Crippen molar-refractivity contribution in [2.75, 3.05) is 13.1 Å². The first kappa shape index (κ1) is 28.5. The summed E-state index contributed by atoms with van der Waals surface area (Å²) < 4.78 is 29.2. The Morgan fingerprint density at radius 1 is 1.14 bits per heavy atom. The highest BCUT2D eigenvalue weighted by Gasteiger charge is 2.51. The Morgan fingerprint density at radius 2 is 1.80 bits per heavy atom. The van der Waals surface area contributed by atoms with Gasteiger partial charge in [0.2, 0.25) is 17.6 Å². The van der Waals surface area contributed by atoms with Crippen molar-refractivity contribution < 1.29 is 28.0 Å². The molecule has 1 aromatic carbocycles. The van der Waals surface area contributed by atoms with Crippen molar-refractivity contribution in [2.24, 2.45) is 17.2 Å². The number of nitrogens with one attached hydrogen (secondary N) is 1. The average molecular weight is 496 g/mol. The minimum Gasteiger partial charge on any atom is -0.344 e. The molecule has 0 radical (unpaired) electrons. The Kier molecular flexibility index (Phi) is 10.4. The molecule has 2 rings (SSSR count). The quantitative estimate of drug-likeness (QED) is 0.286. The van der Waals surface area contributed by atoms with Gasteiger partial charge in [-0.1, -0.05) is 30.3 Å². The van der Waals surface area contributed by atoms with Gasteiger partial charge in [-0.2, -0.15) is 8.78 Å². The van der Waals surface area contributed by atoms with E-state index in [-0.39, 0.29) is 25.9 Å². The van der Waals surface area contributed by atoms with Crippen molar-refractivity contribution in [3.8, 4) is 0 Å². The summed E-state index contributed by atoms with van der Waals surface area (Å²) in [4.78, 5) is 51.4. The number of rotatable bonds is 13. The van der Waals surface area contributed by atoms with Crippen molar-refractivity contribution >= 4 is 23.4 Å². The van der Waals surface area contributed by atoms with Crippen molar-refractivity contribution in [3.05, 3.63) is 35.9 Å². The van der Waals surface area contributed by atoms with Crippen molar-refractivity contribution in [1.82, 2.24) is 10.2 Å². The van der Waals surface area contributed by atoms with Gasteiger partial charge in [-0.3, -0.25) is 19.2 Å². The summed E-state index contributed by atoms with van der Waals surface area (Å²) in [6.45, 7) is 1.44. The standard InChI is InChI=1S/C24H35F2N5O4/c1-15(32)20(29)24(25,26)21(33)18(10-5-6-12-27)30-22(34)19-11-7-13-31(19)23(35)17(28)14-16-8-3-2-4-9-16/h2-4,8-9,17-20H,5-7,10-14,27-29H2,1H3,(H,30,34)/t17-,18?,19+,20?/m1/s1. The smallest absolute Gasteiger partial charge is 0.329 e. The zero-order valence-corrected chi connectivity index (χ0v) is 19.9. The first-order valence-electron chi connectivity index (χ1n) is 11.8. The number of amides is 2. The van der Waals surface area contributed by atoms with E-state index in [4.69, 9.17) is 17.2 Å². The molecular formula is C24H35F2N5O4. The van der Waals surface area contributed by atoms with Crippen LogP contribution in [0.3, 0.4) is 0 Å². The third-order valence-electron chi connectivity index (χ3n) is 6.19. The zero-order valence-electron chi connectivity index (χ0n) is 19.9. The normalized spacial score (nSPS) is 18.6. The summed E-state index contributed by atoms with van der Waals surface area (Å²) in [5.74, 6) is -7.99. The zero-order chi connectivity index (χ0) is 26.2. The second-order valence-corrected chi connectivity index (χ2v) is 8.91. The molecule has 2 amide bonds. The lowest BCUT2D eigenvalue weighted by Gasteiger charge is -2.30. The third-order valence-corrected chi connectivity index (χ3v) is 6.19. The highest BCUT2D eigenvalue weighted by molar-refractivity contribution is 6.00. The third kappa shape index (κ3) is 7.36. The fourth-order valence-corrected chi connectivity index (χ4v) is 4.14. The van der Waals surface area contributed by atoms with Gasteiger partial charge in [-0.05, 0) is 57.6 Å². The van der Waals surface area contributed by atoms with Gasteiger partial charge >= 0.3 is 5.92 Å². The van der Waals surface area contributed by atoms with Crippen LogP contribution in [0.4, 0.5) is 8.78 Å². The molecule has 1 fully saturated rings. The maximum atomic E-state index is 14.6. The lowest BCUT2D eigenvalue weighted by molar-refractivity contribution is -0.154. The van der Waals surface area contributed by atoms with Crippen LogP contribution in [0.2, 0.25) is 0 Å². The lowest BCUT2D eigenvalue weighted by atomic mass is 9.94. The minimum atomic E-state index is -4.16. The highest BCUT2D eigenvalue weighted by Crippen LogP contribution is 2.24. The van der Waals surface area contributed by atoms with Crippen molar-refractivity contribution in [2.45, 2.75) is 75.5 Å². The second kappa shape index (κ2) is 12.8. The minimum absolute atomic E-state index is 0.101. The first-order valence-corrected chi connectivity index (χ1v) is 11.8. The molecule has 1 heterocycles. The number of hydrogen-bond donors (Lipinski definition) is 4. The SMILES string of the molecule is CC(=O)C(N)C(F)(F)C(=O)C(CCCCN)NC(=O)[C@@H]1CCCN1C(=O)[C@H](N)Cc1ccccc1. The summed E-state index contributed by atoms with van der Waals surface area (Å²) in [6, 6.07) is 3.46. The van der Waals surface area contributed by atoms with Gasteiger partial charge in [0.05, 0.1) is 12.1 Å². The first-order chi connectivity index (χ1) is 16.5. The molecular weight excluding hydrogens is 460 g/mol. The molecule has 7 N–H and O–H groups in total. The Morgan fingerprint density at radius 3 is 2.40 bits per heavy atom. The molecule has 0 saturated carbocycles. The highest BCUT2D eigenvalue weighted by atomic mass is 19.3. The van der Waals surface area contributed by atoms with Gasteiger partial charge in [-0.15, -0.1) is 0 Å². The van der Waals surface area contributed by atoms with E-state index in [0.29, 0.717) is 25.7 Å². The van der Waals surface area contributed by atoms with Crippen LogP contribution < -0.4 is 22.5 Å². The van der Waals surface area contributed by atoms with E-state index >= 15 is 0 Å². The number of halogens is 2. The molecule has 2 unspecified atom stereocenters. The van der Waals surface area contributed by atoms with Crippen LogP contribution in [0, 0.1) is 0 Å². The predicted molar refractivity (Wildman–Crippen MR) is 126 cm³/mol. The van der Waals surface area contributed by atoms with E-state index in [1.165, 1.54) is 4.90 Å². The van der Waals surface area contributed by atoms with Crippen LogP contribution in [0.25, 0.3) is 0 Å². The van der Waals surface area contributed by atoms with Gasteiger partial charge in [0.1, 0.15) is 12.1 Å². The molecule has 0 bridgehead atoms. The van der Waals surface area contributed by atoms with Gasteiger partial charge in [0.15, 0.2) is 5.78 Å². The van der Waals surface area contributed by atoms with Gasteiger partial charge < -0.3 is 27.4 Å². The number of alkyl halides is 2. The van der Waals surface area contributed by atoms with E-state index in [9.17, 15) is 28.0 Å². The molecule has 0 spiro atoms. The van der Waals surface area contributed by atoms with Crippen LogP contribution in [0.15, 0.2) is 30.3 Å². The number of unbranched alkanes of at least 4 members (excludes halogenated alkanes) is 1. The van der Waals surface area contributed by atoms with Crippen LogP contribution in [0.1, 0.15) is 44.6 Å². The fraction of sp³-hybridized carbons (Fsp3) is 0.583. The van der Waals surface area contributed by atoms with E-state index in [1.807, 2.05) is 30.3 Å². The van der Waals surface area contributed by atoms with Gasteiger partial charge in [0, 0.05) is 6.54 Å². The molecule has 1 aliphatic heterocycles. The monoisotopic (exact) mass is 495 g/mol. The van der Waals surface area contributed by atoms with Crippen LogP contribution >= 0.6 is 0 Å². The number of likely N-dealkylation sites (tertiary alicyclic amines) is 1. The summed E-state index contributed by atoms with van der Waals surface area (Å²) in [5, 5.41) is 2.38. The van der Waals surface area contributed by atoms with E-state index in [1.54, 1.807) is 0 Å². The van der Waals surface area contributed by atoms with Gasteiger partial charge in [-0.25, -0.2) is 0 Å². The molecule has 1 aromatic rings. The molecule has 194 valence electrons. The molecule has 4 atom stereocenters. The van der Waals surface area contributed by atoms with Crippen molar-refractivity contribution in [3.63, 3.8) is 0 Å². The van der Waals surface area contributed by atoms with Gasteiger partial charge in [0.25, 0.3) is 0 Å². The number of carbonyl (C=O) groups is 4. The Hall–Kier alpha value is -2.76. The second-order valence-electron chi connectivity index (χ2n) is 8.91. The summed E-state index contributed by atoms with van der Waals surface area (Å²) in [7, 11) is 0. The average Bonchev–Trinajstić information content (AvgIpc) is 3.32. The lowest BCUT2D eigenvalue weighted by Crippen LogP contribution is -2.59. The number of carbonyl (C=O) groups excluding carboxylic acids is 4. The number of ketones is 2. The van der Waals surface area contributed by atoms with Crippen LogP contribution in [-0.4, -0.2) is 71.5 Å². The van der Waals surface area contributed by atoms with Crippen LogP contribution in [-0.2, 0) is 25.6 Å². The molecule has 1 aliphatic rings. The number of hydrogen-bond acceptors (Lipinski definition) is 7. The van der Waals surface area contributed by atoms with E-state index < -0.39 is 53.5 Å². The molecule has 0 aromatic heterocycles. The molecule has 11 heteroatoms. The van der Waals surface area contributed by atoms with Crippen LogP contribution in [0.5, 0.6) is 0 Å². The molecule has 1 saturated heterocycles. The number of nitrogens with two attached hydrogens (primary N) is 3. The predicted octanol–water partition coefficient (Wildman–Crippen LogP) is 0.282. The maximum Gasteiger partial charge on any atom is 0.329 e. The number of nitrogens with zero attached hydrogens (tertiary/aromatic N) is 1. The summed E-state index contributed by atoms with van der Waals surface area (Å²) in [6.07, 6.45) is 1.76. The van der Waals surface area contributed by atoms with E-state index in [0.717, 1.165) is 12.5 Å². The fourth-order valence-electron chi connectivity index (χ4n) is 4.14. The van der Waals surface area contributed by atoms with Crippen molar-refractivity contribution in [1.29, 1.82) is 0 Å². The summed E-state index contributed by atoms with van der Waals surface area (Å²) in [5.41, 5.74) is 17.7. The molecule has 9 nitrogen and oxygen atoms in total. The molecule has 0 aliphatic carbocycles. The Labute approximate surface area is 203 Å². The van der Waals surface area contributed by atoms with E-state index in [2.05, 4.69) is 5.32 Å². The number of benzene rings is 1. The Bertz CT molecular complexity index is 899. The number of Topliss-reactive ketones (excluding diaryl/α,β-unsaturated/α-hetero) is 2. The molecule has 35 heavy (non-hydrogen) atoms. The topological polar surface area (TPSA) is 162 Å². The maximum absolute atomic E-state index is 14.6. The summed E-state index contributed by atoms with van der Waals surface area (Å²) >= 11 is 0. The largest absolute Gasteiger partial charge is 0.344 e. The Balaban J connectivity index is 2.14.